The Morgan fingerprint density at radius 1 is 1.00 bits per heavy atom. The molecule has 0 aliphatic rings. The average Bonchev–Trinajstić information content (AvgIpc) is 2.11. The van der Waals surface area contributed by atoms with Gasteiger partial charge in [-0.2, -0.15) is 4.08 Å². The first-order valence-corrected chi connectivity index (χ1v) is 5.97. The predicted octanol–water partition coefficient (Wildman–Crippen LogP) is 4.85. The van der Waals surface area contributed by atoms with Crippen LogP contribution >= 0.6 is 66.1 Å². The number of hydrogen-bond donors (Lipinski definition) is 0. The van der Waals surface area contributed by atoms with Gasteiger partial charge in [-0.1, -0.05) is 46.4 Å². The van der Waals surface area contributed by atoms with E-state index in [1.54, 1.807) is 0 Å². The third-order valence-electron chi connectivity index (χ3n) is 0.626. The van der Waals surface area contributed by atoms with Crippen LogP contribution in [0.2, 0.25) is 0 Å². The van der Waals surface area contributed by atoms with Crippen molar-refractivity contribution in [3.8, 4) is 0 Å². The molecule has 0 atom stereocenters. The molecule has 0 bridgehead atoms. The van der Waals surface area contributed by atoms with Crippen molar-refractivity contribution in [3.63, 3.8) is 0 Å². The second-order valence-corrected chi connectivity index (χ2v) is 5.43. The molecule has 0 amide bonds. The highest BCUT2D eigenvalue weighted by molar-refractivity contribution is 7.49. The first-order chi connectivity index (χ1) is 6.39. The number of phosphoric acid groups is 1. The Kier molecular flexibility index (Phi) is 7.43. The van der Waals surface area contributed by atoms with Gasteiger partial charge >= 0.3 is 7.82 Å². The van der Waals surface area contributed by atoms with Crippen molar-refractivity contribution in [3.05, 3.63) is 21.5 Å². The van der Waals surface area contributed by atoms with Crippen LogP contribution in [0.1, 0.15) is 0 Å². The summed E-state index contributed by atoms with van der Waals surface area (Å²) in [6.45, 7) is 0. The minimum atomic E-state index is -4.03. The van der Waals surface area contributed by atoms with Crippen LogP contribution in [0.25, 0.3) is 0 Å². The quantitative estimate of drug-likeness (QED) is 0.536. The van der Waals surface area contributed by atoms with E-state index >= 15 is 0 Å². The van der Waals surface area contributed by atoms with Crippen LogP contribution in [0.5, 0.6) is 0 Å². The van der Waals surface area contributed by atoms with Crippen molar-refractivity contribution in [2.24, 2.45) is 0 Å². The fraction of sp³-hybridized carbons (Fsp3) is 0. The maximum absolute atomic E-state index is 11.3. The largest absolute Gasteiger partial charge is 0.603 e. The van der Waals surface area contributed by atoms with Gasteiger partial charge < -0.3 is 9.05 Å². The van der Waals surface area contributed by atoms with E-state index in [-0.39, 0.29) is 8.98 Å². The van der Waals surface area contributed by atoms with E-state index in [0.717, 1.165) is 0 Å². The Morgan fingerprint density at radius 2 is 1.36 bits per heavy atom. The molecule has 0 saturated carbocycles. The van der Waals surface area contributed by atoms with Crippen LogP contribution in [-0.4, -0.2) is 0 Å². The third-order valence-corrected chi connectivity index (χ3v) is 2.39. The highest BCUT2D eigenvalue weighted by Crippen LogP contribution is 2.52. The predicted molar refractivity (Wildman–Crippen MR) is 56.3 cm³/mol. The molecule has 0 rings (SSSR count). The minimum Gasteiger partial charge on any atom is -0.400 e. The van der Waals surface area contributed by atoms with Crippen LogP contribution in [-0.2, 0) is 17.7 Å². The molecule has 0 unspecified atom stereocenters. The summed E-state index contributed by atoms with van der Waals surface area (Å²) < 4.78 is 23.3. The maximum atomic E-state index is 11.3. The average molecular weight is 322 g/mol. The summed E-state index contributed by atoms with van der Waals surface area (Å²) in [5.74, 6) is 0. The number of phosphoric ester groups is 1. The summed E-state index contributed by atoms with van der Waals surface area (Å²) in [5, 5.41) is 0. The van der Waals surface area contributed by atoms with Gasteiger partial charge in [0.1, 0.15) is 21.5 Å². The van der Waals surface area contributed by atoms with E-state index in [9.17, 15) is 4.57 Å². The SMILES string of the molecule is O=P(OCl)(OC=C(Cl)Cl)OC=C(Cl)Cl. The van der Waals surface area contributed by atoms with Crippen LogP contribution in [0, 0.1) is 0 Å². The second-order valence-electron chi connectivity index (χ2n) is 1.54. The van der Waals surface area contributed by atoms with Crippen molar-refractivity contribution in [1.82, 2.24) is 0 Å². The van der Waals surface area contributed by atoms with E-state index in [4.69, 9.17) is 58.3 Å². The monoisotopic (exact) mass is 320 g/mol. The van der Waals surface area contributed by atoms with Gasteiger partial charge in [-0.05, 0) is 0 Å². The van der Waals surface area contributed by atoms with Crippen LogP contribution in [0.4, 0.5) is 0 Å². The highest BCUT2D eigenvalue weighted by Gasteiger charge is 2.27. The third kappa shape index (κ3) is 7.07. The molecule has 14 heavy (non-hydrogen) atoms. The molecule has 0 aromatic rings. The summed E-state index contributed by atoms with van der Waals surface area (Å²) in [5.41, 5.74) is 0. The molecule has 0 aromatic carbocycles. The lowest BCUT2D eigenvalue weighted by molar-refractivity contribution is 0.258. The van der Waals surface area contributed by atoms with Crippen molar-refractivity contribution < 1.29 is 17.7 Å². The van der Waals surface area contributed by atoms with Crippen molar-refractivity contribution >= 4 is 66.1 Å². The lowest BCUT2D eigenvalue weighted by Crippen LogP contribution is -1.86. The molecule has 10 heteroatoms. The lowest BCUT2D eigenvalue weighted by Gasteiger charge is -2.09. The van der Waals surface area contributed by atoms with Gasteiger partial charge in [0.25, 0.3) is 0 Å². The highest BCUT2D eigenvalue weighted by atomic mass is 35.5. The van der Waals surface area contributed by atoms with Gasteiger partial charge in [0, 0.05) is 0 Å². The zero-order chi connectivity index (χ0) is 11.2. The van der Waals surface area contributed by atoms with Gasteiger partial charge in [0.05, 0.1) is 11.9 Å². The van der Waals surface area contributed by atoms with Gasteiger partial charge in [-0.15, -0.1) is 0 Å². The van der Waals surface area contributed by atoms with E-state index in [1.807, 2.05) is 0 Å². The fourth-order valence-electron chi connectivity index (χ4n) is 0.266. The second kappa shape index (κ2) is 7.07. The van der Waals surface area contributed by atoms with Gasteiger partial charge in [0.15, 0.2) is 0 Å². The van der Waals surface area contributed by atoms with E-state index < -0.39 is 7.82 Å². The van der Waals surface area contributed by atoms with E-state index in [2.05, 4.69) is 13.1 Å². The molecule has 0 spiro atoms. The van der Waals surface area contributed by atoms with E-state index in [1.165, 1.54) is 0 Å². The summed E-state index contributed by atoms with van der Waals surface area (Å²) >= 11 is 25.5. The zero-order valence-electron chi connectivity index (χ0n) is 6.12. The molecule has 0 heterocycles. The van der Waals surface area contributed by atoms with Crippen LogP contribution in [0.15, 0.2) is 21.5 Å². The molecule has 0 aliphatic carbocycles. The Morgan fingerprint density at radius 3 is 1.57 bits per heavy atom. The van der Waals surface area contributed by atoms with Crippen molar-refractivity contribution in [2.75, 3.05) is 0 Å². The van der Waals surface area contributed by atoms with Crippen molar-refractivity contribution in [2.45, 2.75) is 0 Å². The minimum absolute atomic E-state index is 0.302. The summed E-state index contributed by atoms with van der Waals surface area (Å²) in [7, 11) is -4.03. The Labute approximate surface area is 105 Å². The normalized spacial score (nSPS) is 10.4. The van der Waals surface area contributed by atoms with Crippen molar-refractivity contribution in [1.29, 1.82) is 0 Å². The molecular formula is C4H2Cl5O4P. The van der Waals surface area contributed by atoms with Gasteiger partial charge in [0.2, 0.25) is 0 Å². The number of rotatable bonds is 5. The molecule has 0 radical (unpaired) electrons. The molecule has 0 aromatic heterocycles. The molecule has 0 aliphatic heterocycles. The summed E-state index contributed by atoms with van der Waals surface area (Å²) in [4.78, 5) is 0. The topological polar surface area (TPSA) is 44.8 Å². The number of halogens is 5. The molecule has 4 nitrogen and oxygen atoms in total. The standard InChI is InChI=1S/C4H2Cl5O4P/c5-3(6)1-11-14(10,13-9)12-2-4(7)8/h1-2H. The molecule has 0 N–H and O–H groups in total. The Bertz CT molecular complexity index is 257. The Balaban J connectivity index is 4.41. The fourth-order valence-corrected chi connectivity index (χ4v) is 1.47. The Hall–Kier alpha value is 0.720. The lowest BCUT2D eigenvalue weighted by atomic mass is 11.2. The summed E-state index contributed by atoms with van der Waals surface area (Å²) in [6.07, 6.45) is 1.42. The molecular weight excluding hydrogens is 320 g/mol. The first-order valence-electron chi connectivity index (χ1n) is 2.69. The molecule has 0 saturated heterocycles. The summed E-state index contributed by atoms with van der Waals surface area (Å²) in [6, 6.07) is 0. The number of hydrogen-bond acceptors (Lipinski definition) is 4. The smallest absolute Gasteiger partial charge is 0.400 e. The molecule has 82 valence electrons. The maximum Gasteiger partial charge on any atom is 0.603 e. The first kappa shape index (κ1) is 14.7. The van der Waals surface area contributed by atoms with Gasteiger partial charge in [-0.25, -0.2) is 4.57 Å². The van der Waals surface area contributed by atoms with Crippen LogP contribution in [0.3, 0.4) is 0 Å². The molecule has 0 fully saturated rings. The van der Waals surface area contributed by atoms with E-state index in [0.29, 0.717) is 12.5 Å². The zero-order valence-corrected chi connectivity index (χ0v) is 10.8. The van der Waals surface area contributed by atoms with Gasteiger partial charge in [-0.3, -0.25) is 0 Å². The van der Waals surface area contributed by atoms with Crippen LogP contribution < -0.4 is 0 Å².